The van der Waals surface area contributed by atoms with Crippen molar-refractivity contribution in [2.24, 2.45) is 0 Å². The molecule has 1 aromatic heterocycles. The summed E-state index contributed by atoms with van der Waals surface area (Å²) in [6.45, 7) is 4.54. The lowest BCUT2D eigenvalue weighted by Gasteiger charge is -2.47. The summed E-state index contributed by atoms with van der Waals surface area (Å²) in [6.07, 6.45) is 1.43. The highest BCUT2D eigenvalue weighted by atomic mass is 16.3. The number of fused-ring (bicyclic) bond motifs is 8. The van der Waals surface area contributed by atoms with Crippen molar-refractivity contribution >= 4 is 27.6 Å². The minimum Gasteiger partial charge on any atom is -0.454 e. The molecule has 2 heterocycles. The third-order valence-electron chi connectivity index (χ3n) is 6.96. The van der Waals surface area contributed by atoms with E-state index in [0.717, 1.165) is 17.6 Å². The van der Waals surface area contributed by atoms with Crippen LogP contribution < -0.4 is 4.90 Å². The lowest BCUT2D eigenvalue weighted by molar-refractivity contribution is 0.131. The standard InChI is InChI=1S/C25H24N2O/c1-15-12-13-20-19-10-6-7-11-23(19)28-25(20)24(15)27-16(2)26(3)21-14-22(27)18-9-5-4-8-17(18)21/h4-13,16,21-22H,14H2,1-3H3. The van der Waals surface area contributed by atoms with Crippen LogP contribution in [-0.2, 0) is 0 Å². The molecule has 3 atom stereocenters. The molecule has 3 nitrogen and oxygen atoms in total. The first kappa shape index (κ1) is 16.2. The van der Waals surface area contributed by atoms with Crippen molar-refractivity contribution in [1.29, 1.82) is 0 Å². The summed E-state index contributed by atoms with van der Waals surface area (Å²) in [5, 5.41) is 2.40. The summed E-state index contributed by atoms with van der Waals surface area (Å²) in [4.78, 5) is 5.12. The molecule has 4 aromatic rings. The smallest absolute Gasteiger partial charge is 0.159 e. The van der Waals surface area contributed by atoms with E-state index in [4.69, 9.17) is 4.42 Å². The molecule has 0 radical (unpaired) electrons. The summed E-state index contributed by atoms with van der Waals surface area (Å²) in [5.74, 6) is 0. The van der Waals surface area contributed by atoms with Crippen molar-refractivity contribution in [1.82, 2.24) is 4.90 Å². The van der Waals surface area contributed by atoms with Crippen LogP contribution in [0.3, 0.4) is 0 Å². The van der Waals surface area contributed by atoms with Gasteiger partial charge < -0.3 is 9.32 Å². The van der Waals surface area contributed by atoms with Gasteiger partial charge >= 0.3 is 0 Å². The number of benzene rings is 3. The Morgan fingerprint density at radius 1 is 0.857 bits per heavy atom. The van der Waals surface area contributed by atoms with Crippen LogP contribution in [-0.4, -0.2) is 18.1 Å². The molecule has 1 aliphatic heterocycles. The number of hydrogen-bond acceptors (Lipinski definition) is 3. The normalized spacial score (nSPS) is 24.2. The Hall–Kier alpha value is -2.78. The fourth-order valence-electron chi connectivity index (χ4n) is 5.49. The van der Waals surface area contributed by atoms with Crippen molar-refractivity contribution in [2.45, 2.75) is 38.5 Å². The second-order valence-electron chi connectivity index (χ2n) is 8.31. The second kappa shape index (κ2) is 5.62. The van der Waals surface area contributed by atoms with Gasteiger partial charge in [-0.15, -0.1) is 0 Å². The number of furan rings is 1. The number of rotatable bonds is 1. The molecule has 140 valence electrons. The Balaban J connectivity index is 1.64. The molecule has 1 saturated heterocycles. The number of aryl methyl sites for hydroxylation is 1. The Kier molecular flexibility index (Phi) is 3.25. The predicted molar refractivity (Wildman–Crippen MR) is 115 cm³/mol. The van der Waals surface area contributed by atoms with Crippen LogP contribution in [0.15, 0.2) is 65.1 Å². The maximum atomic E-state index is 6.44. The van der Waals surface area contributed by atoms with E-state index < -0.39 is 0 Å². The van der Waals surface area contributed by atoms with Crippen molar-refractivity contribution in [3.63, 3.8) is 0 Å². The number of hydrogen-bond donors (Lipinski definition) is 0. The van der Waals surface area contributed by atoms with E-state index in [0.29, 0.717) is 18.2 Å². The zero-order valence-corrected chi connectivity index (χ0v) is 16.5. The molecule has 3 unspecified atom stereocenters. The molecule has 3 aromatic carbocycles. The first-order chi connectivity index (χ1) is 13.6. The number of nitrogens with zero attached hydrogens (tertiary/aromatic N) is 2. The molecular formula is C25H24N2O. The van der Waals surface area contributed by atoms with Crippen molar-refractivity contribution in [3.05, 3.63) is 77.4 Å². The largest absolute Gasteiger partial charge is 0.454 e. The van der Waals surface area contributed by atoms with Crippen molar-refractivity contribution < 1.29 is 4.42 Å². The first-order valence-electron chi connectivity index (χ1n) is 10.1. The Morgan fingerprint density at radius 2 is 1.57 bits per heavy atom. The minimum absolute atomic E-state index is 0.300. The van der Waals surface area contributed by atoms with E-state index in [-0.39, 0.29) is 0 Å². The summed E-state index contributed by atoms with van der Waals surface area (Å²) in [7, 11) is 2.26. The van der Waals surface area contributed by atoms with E-state index in [9.17, 15) is 0 Å². The van der Waals surface area contributed by atoms with Gasteiger partial charge in [-0.2, -0.15) is 0 Å². The lowest BCUT2D eigenvalue weighted by Crippen LogP contribution is -2.50. The highest BCUT2D eigenvalue weighted by Crippen LogP contribution is 2.53. The van der Waals surface area contributed by atoms with E-state index in [2.05, 4.69) is 85.3 Å². The van der Waals surface area contributed by atoms with Crippen LogP contribution in [0.5, 0.6) is 0 Å². The minimum atomic E-state index is 0.300. The van der Waals surface area contributed by atoms with Gasteiger partial charge in [0.2, 0.25) is 0 Å². The molecule has 0 saturated carbocycles. The number of anilines is 1. The monoisotopic (exact) mass is 368 g/mol. The van der Waals surface area contributed by atoms with Gasteiger partial charge in [0, 0.05) is 16.8 Å². The second-order valence-corrected chi connectivity index (χ2v) is 8.31. The van der Waals surface area contributed by atoms with Gasteiger partial charge in [-0.3, -0.25) is 4.90 Å². The summed E-state index contributed by atoms with van der Waals surface area (Å²) < 4.78 is 6.44. The maximum Gasteiger partial charge on any atom is 0.159 e. The Morgan fingerprint density at radius 3 is 2.39 bits per heavy atom. The van der Waals surface area contributed by atoms with E-state index >= 15 is 0 Å². The van der Waals surface area contributed by atoms with Crippen molar-refractivity contribution in [3.8, 4) is 0 Å². The topological polar surface area (TPSA) is 19.6 Å². The molecule has 0 N–H and O–H groups in total. The lowest BCUT2D eigenvalue weighted by atomic mass is 10.0. The molecule has 6 rings (SSSR count). The average Bonchev–Trinajstić information content (AvgIpc) is 3.25. The van der Waals surface area contributed by atoms with E-state index in [1.807, 2.05) is 6.07 Å². The average molecular weight is 368 g/mol. The van der Waals surface area contributed by atoms with Gasteiger partial charge in [-0.25, -0.2) is 0 Å². The fraction of sp³-hybridized carbons (Fsp3) is 0.280. The molecule has 0 amide bonds. The third kappa shape index (κ3) is 1.97. The SMILES string of the molecule is Cc1ccc2c(oc3ccccc32)c1N1C2CC(c3ccccc32)N(C)C1C. The zero-order chi connectivity index (χ0) is 19.0. The predicted octanol–water partition coefficient (Wildman–Crippen LogP) is 6.18. The van der Waals surface area contributed by atoms with Gasteiger partial charge in [-0.1, -0.05) is 54.6 Å². The molecular weight excluding hydrogens is 344 g/mol. The van der Waals surface area contributed by atoms with Gasteiger partial charge in [0.25, 0.3) is 0 Å². The highest BCUT2D eigenvalue weighted by Gasteiger charge is 2.46. The van der Waals surface area contributed by atoms with Gasteiger partial charge in [0.1, 0.15) is 5.58 Å². The third-order valence-corrected chi connectivity index (χ3v) is 6.96. The first-order valence-corrected chi connectivity index (χ1v) is 10.1. The van der Waals surface area contributed by atoms with Gasteiger partial charge in [-0.05, 0) is 50.1 Å². The summed E-state index contributed by atoms with van der Waals surface area (Å²) in [6, 6.07) is 22.7. The van der Waals surface area contributed by atoms with Gasteiger partial charge in [0.05, 0.1) is 17.9 Å². The van der Waals surface area contributed by atoms with Crippen LogP contribution >= 0.6 is 0 Å². The highest BCUT2D eigenvalue weighted by molar-refractivity contribution is 6.09. The Labute approximate surface area is 165 Å². The molecule has 1 aliphatic carbocycles. The van der Waals surface area contributed by atoms with Crippen LogP contribution in [0.2, 0.25) is 0 Å². The molecule has 1 fully saturated rings. The summed E-state index contributed by atoms with van der Waals surface area (Å²) in [5.41, 5.74) is 7.45. The quantitative estimate of drug-likeness (QED) is 0.400. The van der Waals surface area contributed by atoms with Crippen LogP contribution in [0.1, 0.15) is 42.1 Å². The zero-order valence-electron chi connectivity index (χ0n) is 16.5. The Bertz CT molecular complexity index is 1220. The van der Waals surface area contributed by atoms with Crippen LogP contribution in [0, 0.1) is 6.92 Å². The molecule has 0 spiro atoms. The molecule has 28 heavy (non-hydrogen) atoms. The summed E-state index contributed by atoms with van der Waals surface area (Å²) >= 11 is 0. The van der Waals surface area contributed by atoms with E-state index in [1.54, 1.807) is 0 Å². The maximum absolute atomic E-state index is 6.44. The fourth-order valence-corrected chi connectivity index (χ4v) is 5.49. The van der Waals surface area contributed by atoms with Gasteiger partial charge in [0.15, 0.2) is 5.58 Å². The number of para-hydroxylation sites is 1. The van der Waals surface area contributed by atoms with E-state index in [1.165, 1.54) is 33.2 Å². The van der Waals surface area contributed by atoms with Crippen molar-refractivity contribution in [2.75, 3.05) is 11.9 Å². The van der Waals surface area contributed by atoms with Crippen LogP contribution in [0.4, 0.5) is 5.69 Å². The molecule has 2 bridgehead atoms. The molecule has 3 heteroatoms. The van der Waals surface area contributed by atoms with Crippen LogP contribution in [0.25, 0.3) is 21.9 Å². The molecule has 2 aliphatic rings.